The molecule has 2 aromatic rings. The molecular weight excluding hydrogens is 407 g/mol. The summed E-state index contributed by atoms with van der Waals surface area (Å²) in [6, 6.07) is 9.99. The van der Waals surface area contributed by atoms with E-state index in [1.165, 1.54) is 48.5 Å². The van der Waals surface area contributed by atoms with Gasteiger partial charge in [0.15, 0.2) is 0 Å². The van der Waals surface area contributed by atoms with E-state index < -0.39 is 29.2 Å². The number of halogens is 2. The highest BCUT2D eigenvalue weighted by molar-refractivity contribution is 8.14. The first-order valence-electron chi connectivity index (χ1n) is 5.77. The fourth-order valence-electron chi connectivity index (χ4n) is 1.51. The average Bonchev–Trinajstić information content (AvgIpc) is 2.46. The quantitative estimate of drug-likeness (QED) is 0.697. The number of hydrogen-bond acceptors (Lipinski definition) is 6. The van der Waals surface area contributed by atoms with Gasteiger partial charge in [0.25, 0.3) is 18.1 Å². The minimum atomic E-state index is -3.86. The lowest BCUT2D eigenvalue weighted by atomic mass is 10.3. The maximum absolute atomic E-state index is 12.0. The summed E-state index contributed by atoms with van der Waals surface area (Å²) in [5.74, 6) is 0.154. The SMILES string of the molecule is O=S(Oc1ccc(S(=O)(=O)Cl)cc1)c1ccc(S(=O)(=O)Cl)cc1. The van der Waals surface area contributed by atoms with E-state index in [1.54, 1.807) is 0 Å². The van der Waals surface area contributed by atoms with Gasteiger partial charge in [-0.05, 0) is 48.5 Å². The summed E-state index contributed by atoms with van der Waals surface area (Å²) < 4.78 is 61.6. The molecule has 0 saturated carbocycles. The van der Waals surface area contributed by atoms with Crippen molar-refractivity contribution in [3.05, 3.63) is 48.5 Å². The Kier molecular flexibility index (Phi) is 5.37. The topological polar surface area (TPSA) is 94.6 Å². The van der Waals surface area contributed by atoms with Crippen LogP contribution in [0.4, 0.5) is 0 Å². The van der Waals surface area contributed by atoms with Gasteiger partial charge in [-0.1, -0.05) is 0 Å². The maximum Gasteiger partial charge on any atom is 0.261 e. The van der Waals surface area contributed by atoms with E-state index in [4.69, 9.17) is 25.5 Å². The van der Waals surface area contributed by atoms with Gasteiger partial charge in [-0.25, -0.2) is 21.0 Å². The van der Waals surface area contributed by atoms with Crippen molar-refractivity contribution in [1.82, 2.24) is 0 Å². The highest BCUT2D eigenvalue weighted by Crippen LogP contribution is 2.22. The number of hydrogen-bond donors (Lipinski definition) is 0. The molecule has 2 aromatic carbocycles. The van der Waals surface area contributed by atoms with Crippen molar-refractivity contribution in [2.75, 3.05) is 0 Å². The third-order valence-electron chi connectivity index (χ3n) is 2.57. The summed E-state index contributed by atoms with van der Waals surface area (Å²) in [5, 5.41) is 0. The van der Waals surface area contributed by atoms with Gasteiger partial charge in [0.1, 0.15) is 5.75 Å². The molecule has 0 spiro atoms. The van der Waals surface area contributed by atoms with Gasteiger partial charge in [-0.2, -0.15) is 0 Å². The molecule has 2 rings (SSSR count). The number of benzene rings is 2. The van der Waals surface area contributed by atoms with Crippen LogP contribution in [-0.2, 0) is 29.2 Å². The van der Waals surface area contributed by atoms with Crippen LogP contribution in [0.25, 0.3) is 0 Å². The zero-order chi connectivity index (χ0) is 17.3. The predicted molar refractivity (Wildman–Crippen MR) is 86.0 cm³/mol. The monoisotopic (exact) mass is 414 g/mol. The van der Waals surface area contributed by atoms with Gasteiger partial charge >= 0.3 is 0 Å². The van der Waals surface area contributed by atoms with Gasteiger partial charge in [0.2, 0.25) is 11.1 Å². The van der Waals surface area contributed by atoms with Crippen molar-refractivity contribution in [2.24, 2.45) is 0 Å². The van der Waals surface area contributed by atoms with Crippen LogP contribution >= 0.6 is 21.4 Å². The van der Waals surface area contributed by atoms with E-state index in [-0.39, 0.29) is 20.4 Å². The van der Waals surface area contributed by atoms with Gasteiger partial charge in [0, 0.05) is 21.4 Å². The highest BCUT2D eigenvalue weighted by Gasteiger charge is 2.13. The van der Waals surface area contributed by atoms with Crippen LogP contribution in [-0.4, -0.2) is 21.0 Å². The first-order valence-corrected chi connectivity index (χ1v) is 11.5. The lowest BCUT2D eigenvalue weighted by molar-refractivity contribution is 0.561. The van der Waals surface area contributed by atoms with Crippen molar-refractivity contribution >= 4 is 50.5 Å². The molecule has 0 radical (unpaired) electrons. The minimum absolute atomic E-state index is 0.117. The summed E-state index contributed by atoms with van der Waals surface area (Å²) in [5.41, 5.74) is 0. The Morgan fingerprint density at radius 1 is 0.739 bits per heavy atom. The molecule has 0 N–H and O–H groups in total. The summed E-state index contributed by atoms with van der Waals surface area (Å²) in [6.07, 6.45) is 0. The second kappa shape index (κ2) is 6.78. The average molecular weight is 415 g/mol. The zero-order valence-corrected chi connectivity index (χ0v) is 15.0. The summed E-state index contributed by atoms with van der Waals surface area (Å²) in [6.45, 7) is 0. The maximum atomic E-state index is 12.0. The van der Waals surface area contributed by atoms with Crippen molar-refractivity contribution in [2.45, 2.75) is 14.7 Å². The van der Waals surface area contributed by atoms with E-state index in [2.05, 4.69) is 0 Å². The molecule has 0 aromatic heterocycles. The Bertz CT molecular complexity index is 935. The second-order valence-corrected chi connectivity index (χ2v) is 10.4. The second-order valence-electron chi connectivity index (χ2n) is 4.14. The van der Waals surface area contributed by atoms with Crippen LogP contribution in [0.3, 0.4) is 0 Å². The molecule has 0 fully saturated rings. The van der Waals surface area contributed by atoms with Crippen LogP contribution < -0.4 is 4.18 Å². The molecule has 0 saturated heterocycles. The van der Waals surface area contributed by atoms with Crippen LogP contribution in [0, 0.1) is 0 Å². The summed E-state index contributed by atoms with van der Waals surface area (Å²) in [4.78, 5) is -0.0336. The third kappa shape index (κ3) is 4.92. The zero-order valence-electron chi connectivity index (χ0n) is 11.0. The fourth-order valence-corrected chi connectivity index (χ4v) is 3.79. The molecule has 0 amide bonds. The van der Waals surface area contributed by atoms with Gasteiger partial charge < -0.3 is 4.18 Å². The first kappa shape index (κ1) is 18.2. The van der Waals surface area contributed by atoms with Crippen molar-refractivity contribution in [1.29, 1.82) is 0 Å². The lowest BCUT2D eigenvalue weighted by Crippen LogP contribution is -2.02. The van der Waals surface area contributed by atoms with Crippen molar-refractivity contribution < 1.29 is 25.2 Å². The van der Waals surface area contributed by atoms with Crippen LogP contribution in [0.1, 0.15) is 0 Å². The molecule has 0 aliphatic rings. The predicted octanol–water partition coefficient (Wildman–Crippen LogP) is 2.64. The standard InChI is InChI=1S/C12H8Cl2O6S3/c13-22(16,17)11-5-1-9(2-6-11)20-21(15)10-3-7-12(8-4-10)23(14,18)19/h1-8H. The van der Waals surface area contributed by atoms with Gasteiger partial charge in [0.05, 0.1) is 14.7 Å². The van der Waals surface area contributed by atoms with Crippen LogP contribution in [0.15, 0.2) is 63.2 Å². The largest absolute Gasteiger partial charge is 0.397 e. The highest BCUT2D eigenvalue weighted by atomic mass is 35.7. The molecule has 6 nitrogen and oxygen atoms in total. The Morgan fingerprint density at radius 2 is 1.13 bits per heavy atom. The third-order valence-corrected chi connectivity index (χ3v) is 6.32. The Hall–Kier alpha value is -1.13. The molecule has 0 bridgehead atoms. The summed E-state index contributed by atoms with van der Waals surface area (Å²) in [7, 11) is 2.65. The molecular formula is C12H8Cl2O6S3. The molecule has 11 heteroatoms. The molecule has 1 unspecified atom stereocenters. The molecule has 0 heterocycles. The number of rotatable bonds is 5. The fraction of sp³-hybridized carbons (Fsp3) is 0. The van der Waals surface area contributed by atoms with E-state index in [9.17, 15) is 21.0 Å². The Labute approximate surface area is 144 Å². The van der Waals surface area contributed by atoms with E-state index >= 15 is 0 Å². The van der Waals surface area contributed by atoms with E-state index in [1.807, 2.05) is 0 Å². The Morgan fingerprint density at radius 3 is 1.52 bits per heavy atom. The minimum Gasteiger partial charge on any atom is -0.397 e. The lowest BCUT2D eigenvalue weighted by Gasteiger charge is -2.06. The molecule has 0 aliphatic carbocycles. The first-order chi connectivity index (χ1) is 10.6. The molecule has 1 atom stereocenters. The van der Waals surface area contributed by atoms with E-state index in [0.29, 0.717) is 0 Å². The van der Waals surface area contributed by atoms with Gasteiger partial charge in [-0.3, -0.25) is 0 Å². The van der Waals surface area contributed by atoms with Crippen molar-refractivity contribution in [3.8, 4) is 5.75 Å². The van der Waals surface area contributed by atoms with Crippen LogP contribution in [0.2, 0.25) is 0 Å². The molecule has 0 aliphatic heterocycles. The summed E-state index contributed by atoms with van der Waals surface area (Å²) >= 11 is -1.92. The van der Waals surface area contributed by atoms with Gasteiger partial charge in [-0.15, -0.1) is 0 Å². The molecule has 23 heavy (non-hydrogen) atoms. The Balaban J connectivity index is 2.16. The normalized spacial score (nSPS) is 13.5. The van der Waals surface area contributed by atoms with E-state index in [0.717, 1.165) is 0 Å². The smallest absolute Gasteiger partial charge is 0.261 e. The molecule has 124 valence electrons. The van der Waals surface area contributed by atoms with Crippen LogP contribution in [0.5, 0.6) is 5.75 Å². The van der Waals surface area contributed by atoms with Crippen molar-refractivity contribution in [3.63, 3.8) is 0 Å².